The van der Waals surface area contributed by atoms with Crippen molar-refractivity contribution in [3.05, 3.63) is 64.7 Å². The third-order valence-electron chi connectivity index (χ3n) is 5.22. The predicted octanol–water partition coefficient (Wildman–Crippen LogP) is 2.67. The fourth-order valence-corrected chi connectivity index (χ4v) is 4.03. The third kappa shape index (κ3) is 2.97. The van der Waals surface area contributed by atoms with E-state index in [1.807, 2.05) is 0 Å². The SMILES string of the molecule is NC(=O)c1ccc(N=C(N)N2Cc3cccc4c3C(CCC4)C2)cc1. The maximum atomic E-state index is 11.2. The molecule has 0 bridgehead atoms. The van der Waals surface area contributed by atoms with Crippen molar-refractivity contribution in [3.63, 3.8) is 0 Å². The number of primary amides is 1. The van der Waals surface area contributed by atoms with Gasteiger partial charge in [0, 0.05) is 24.6 Å². The van der Waals surface area contributed by atoms with E-state index in [9.17, 15) is 4.79 Å². The summed E-state index contributed by atoms with van der Waals surface area (Å²) in [6, 6.07) is 13.5. The number of amides is 1. The van der Waals surface area contributed by atoms with Gasteiger partial charge in [0.25, 0.3) is 0 Å². The summed E-state index contributed by atoms with van der Waals surface area (Å²) < 4.78 is 0. The summed E-state index contributed by atoms with van der Waals surface area (Å²) in [6.45, 7) is 1.72. The van der Waals surface area contributed by atoms with Gasteiger partial charge in [-0.2, -0.15) is 0 Å². The highest BCUT2D eigenvalue weighted by Gasteiger charge is 2.30. The molecular formula is C20H22N4O. The Morgan fingerprint density at radius 1 is 1.08 bits per heavy atom. The molecule has 0 fully saturated rings. The number of nitrogens with two attached hydrogens (primary N) is 2. The third-order valence-corrected chi connectivity index (χ3v) is 5.22. The van der Waals surface area contributed by atoms with Crippen LogP contribution in [0.2, 0.25) is 0 Å². The van der Waals surface area contributed by atoms with Crippen molar-refractivity contribution in [2.75, 3.05) is 6.54 Å². The van der Waals surface area contributed by atoms with Crippen molar-refractivity contribution in [2.45, 2.75) is 31.7 Å². The lowest BCUT2D eigenvalue weighted by molar-refractivity contribution is 0.100. The van der Waals surface area contributed by atoms with E-state index in [2.05, 4.69) is 28.1 Å². The van der Waals surface area contributed by atoms with E-state index in [1.165, 1.54) is 30.4 Å². The van der Waals surface area contributed by atoms with Crippen LogP contribution < -0.4 is 11.5 Å². The normalized spacial score (nSPS) is 19.4. The highest BCUT2D eigenvalue weighted by Crippen LogP contribution is 2.38. The molecule has 1 heterocycles. The second kappa shape index (κ2) is 6.24. The van der Waals surface area contributed by atoms with Gasteiger partial charge in [-0.3, -0.25) is 4.79 Å². The lowest BCUT2D eigenvalue weighted by atomic mass is 9.78. The molecular weight excluding hydrogens is 312 g/mol. The molecule has 1 amide bonds. The van der Waals surface area contributed by atoms with Gasteiger partial charge in [-0.05, 0) is 60.2 Å². The molecule has 128 valence electrons. The summed E-state index contributed by atoms with van der Waals surface area (Å²) in [5, 5.41) is 0. The molecule has 0 spiro atoms. The van der Waals surface area contributed by atoms with Gasteiger partial charge in [-0.25, -0.2) is 4.99 Å². The smallest absolute Gasteiger partial charge is 0.248 e. The number of nitrogens with zero attached hydrogens (tertiary/aromatic N) is 2. The van der Waals surface area contributed by atoms with E-state index in [1.54, 1.807) is 29.8 Å². The van der Waals surface area contributed by atoms with Crippen LogP contribution in [-0.2, 0) is 13.0 Å². The average Bonchev–Trinajstić information content (AvgIpc) is 2.62. The molecule has 2 aliphatic rings. The van der Waals surface area contributed by atoms with Crippen LogP contribution in [0.4, 0.5) is 5.69 Å². The van der Waals surface area contributed by atoms with E-state index in [0.29, 0.717) is 17.4 Å². The molecule has 2 aromatic rings. The Balaban J connectivity index is 1.59. The van der Waals surface area contributed by atoms with Crippen molar-refractivity contribution < 1.29 is 4.79 Å². The first-order valence-corrected chi connectivity index (χ1v) is 8.71. The molecule has 1 unspecified atom stereocenters. The van der Waals surface area contributed by atoms with Crippen molar-refractivity contribution in [2.24, 2.45) is 16.5 Å². The number of aryl methyl sites for hydroxylation is 1. The van der Waals surface area contributed by atoms with Crippen LogP contribution in [-0.4, -0.2) is 23.3 Å². The average molecular weight is 334 g/mol. The highest BCUT2D eigenvalue weighted by atomic mass is 16.1. The molecule has 1 aliphatic heterocycles. The summed E-state index contributed by atoms with van der Waals surface area (Å²) in [5.41, 5.74) is 17.2. The number of aliphatic imine (C=N–C) groups is 1. The van der Waals surface area contributed by atoms with Crippen LogP contribution >= 0.6 is 0 Å². The number of hydrogen-bond acceptors (Lipinski definition) is 2. The number of rotatable bonds is 2. The zero-order chi connectivity index (χ0) is 17.4. The first-order valence-electron chi connectivity index (χ1n) is 8.71. The van der Waals surface area contributed by atoms with Crippen molar-refractivity contribution in [3.8, 4) is 0 Å². The van der Waals surface area contributed by atoms with Crippen molar-refractivity contribution in [1.29, 1.82) is 0 Å². The molecule has 1 atom stereocenters. The molecule has 1 aliphatic carbocycles. The van der Waals surface area contributed by atoms with E-state index in [0.717, 1.165) is 18.8 Å². The van der Waals surface area contributed by atoms with Gasteiger partial charge in [0.1, 0.15) is 0 Å². The number of carbonyl (C=O) groups excluding carboxylic acids is 1. The zero-order valence-corrected chi connectivity index (χ0v) is 14.1. The maximum absolute atomic E-state index is 11.2. The lowest BCUT2D eigenvalue weighted by Gasteiger charge is -2.38. The molecule has 0 radical (unpaired) electrons. The lowest BCUT2D eigenvalue weighted by Crippen LogP contribution is -2.43. The highest BCUT2D eigenvalue weighted by molar-refractivity contribution is 5.93. The fraction of sp³-hybridized carbons (Fsp3) is 0.300. The minimum absolute atomic E-state index is 0.441. The van der Waals surface area contributed by atoms with Crippen LogP contribution in [0.1, 0.15) is 45.8 Å². The fourth-order valence-electron chi connectivity index (χ4n) is 4.03. The molecule has 2 aromatic carbocycles. The Morgan fingerprint density at radius 2 is 1.84 bits per heavy atom. The Labute approximate surface area is 147 Å². The van der Waals surface area contributed by atoms with Gasteiger partial charge in [0.15, 0.2) is 5.96 Å². The predicted molar refractivity (Wildman–Crippen MR) is 98.8 cm³/mol. The van der Waals surface area contributed by atoms with Gasteiger partial charge < -0.3 is 16.4 Å². The van der Waals surface area contributed by atoms with Crippen LogP contribution in [0.5, 0.6) is 0 Å². The summed E-state index contributed by atoms with van der Waals surface area (Å²) in [6.07, 6.45) is 3.64. The topological polar surface area (TPSA) is 84.7 Å². The molecule has 5 heteroatoms. The minimum atomic E-state index is -0.441. The Kier molecular flexibility index (Phi) is 3.92. The number of benzene rings is 2. The molecule has 0 saturated heterocycles. The van der Waals surface area contributed by atoms with Crippen LogP contribution in [0.15, 0.2) is 47.5 Å². The summed E-state index contributed by atoms with van der Waals surface area (Å²) >= 11 is 0. The Morgan fingerprint density at radius 3 is 2.60 bits per heavy atom. The molecule has 4 N–H and O–H groups in total. The van der Waals surface area contributed by atoms with Gasteiger partial charge >= 0.3 is 0 Å². The van der Waals surface area contributed by atoms with E-state index < -0.39 is 5.91 Å². The first-order chi connectivity index (χ1) is 12.1. The molecule has 0 saturated carbocycles. The molecule has 0 aromatic heterocycles. The monoisotopic (exact) mass is 334 g/mol. The summed E-state index contributed by atoms with van der Waals surface area (Å²) in [5.74, 6) is 0.623. The molecule has 4 rings (SSSR count). The van der Waals surface area contributed by atoms with Crippen LogP contribution in [0.25, 0.3) is 0 Å². The summed E-state index contributed by atoms with van der Waals surface area (Å²) in [4.78, 5) is 17.8. The van der Waals surface area contributed by atoms with E-state index in [4.69, 9.17) is 11.5 Å². The standard InChI is InChI=1S/C20H22N4O/c21-19(25)14-7-9-17(10-8-14)23-20(22)24-11-15-5-1-3-13-4-2-6-16(12-24)18(13)15/h1,3,5,7-10,16H,2,4,6,11-12H2,(H2,21,25)(H2,22,23). The van der Waals surface area contributed by atoms with Crippen LogP contribution in [0.3, 0.4) is 0 Å². The largest absolute Gasteiger partial charge is 0.369 e. The molecule has 25 heavy (non-hydrogen) atoms. The zero-order valence-electron chi connectivity index (χ0n) is 14.1. The summed E-state index contributed by atoms with van der Waals surface area (Å²) in [7, 11) is 0. The number of guanidine groups is 1. The van der Waals surface area contributed by atoms with Gasteiger partial charge in [0.2, 0.25) is 5.91 Å². The Hall–Kier alpha value is -2.82. The van der Waals surface area contributed by atoms with Crippen molar-refractivity contribution >= 4 is 17.6 Å². The Bertz CT molecular complexity index is 841. The molecule has 5 nitrogen and oxygen atoms in total. The van der Waals surface area contributed by atoms with Gasteiger partial charge in [-0.1, -0.05) is 18.2 Å². The quantitative estimate of drug-likeness (QED) is 0.654. The minimum Gasteiger partial charge on any atom is -0.369 e. The second-order valence-corrected chi connectivity index (χ2v) is 6.84. The maximum Gasteiger partial charge on any atom is 0.248 e. The van der Waals surface area contributed by atoms with E-state index in [-0.39, 0.29) is 0 Å². The van der Waals surface area contributed by atoms with Gasteiger partial charge in [0.05, 0.1) is 5.69 Å². The first kappa shape index (κ1) is 15.7. The second-order valence-electron chi connectivity index (χ2n) is 6.84. The van der Waals surface area contributed by atoms with Crippen molar-refractivity contribution in [1.82, 2.24) is 4.90 Å². The van der Waals surface area contributed by atoms with Gasteiger partial charge in [-0.15, -0.1) is 0 Å². The van der Waals surface area contributed by atoms with E-state index >= 15 is 0 Å². The number of hydrogen-bond donors (Lipinski definition) is 2. The van der Waals surface area contributed by atoms with Crippen LogP contribution in [0, 0.1) is 0 Å². The number of carbonyl (C=O) groups is 1.